The lowest BCUT2D eigenvalue weighted by Crippen LogP contribution is -2.34. The van der Waals surface area contributed by atoms with Crippen LogP contribution < -0.4 is 16.7 Å². The van der Waals surface area contributed by atoms with Gasteiger partial charge in [-0.15, -0.1) is 0 Å². The van der Waals surface area contributed by atoms with E-state index in [-0.39, 0.29) is 16.7 Å². The molecule has 15 heteroatoms. The van der Waals surface area contributed by atoms with Crippen LogP contribution >= 0.6 is 0 Å². The average molecular weight is 1070 g/mol. The van der Waals surface area contributed by atoms with E-state index < -0.39 is 0 Å². The Bertz CT molecular complexity index is 3810. The van der Waals surface area contributed by atoms with Crippen LogP contribution in [0.1, 0.15) is 109 Å². The van der Waals surface area contributed by atoms with Crippen molar-refractivity contribution in [3.05, 3.63) is 210 Å². The van der Waals surface area contributed by atoms with Crippen molar-refractivity contribution >= 4 is 32.7 Å². The molecule has 15 rings (SSSR count). The molecule has 6 aromatic heterocycles. The molecular weight excluding hydrogens is 1010 g/mol. The third-order valence-electron chi connectivity index (χ3n) is 16.7. The first-order chi connectivity index (χ1) is 39.8. The van der Waals surface area contributed by atoms with E-state index in [1.807, 2.05) is 123 Å². The summed E-state index contributed by atoms with van der Waals surface area (Å²) in [5.41, 5.74) is 7.13. The van der Waals surface area contributed by atoms with Gasteiger partial charge in [-0.1, -0.05) is 36.0 Å². The summed E-state index contributed by atoms with van der Waals surface area (Å²) in [5.74, 6) is 21.3. The predicted octanol–water partition coefficient (Wildman–Crippen LogP) is 7.68. The highest BCUT2D eigenvalue weighted by atomic mass is 16.1. The van der Waals surface area contributed by atoms with E-state index in [0.717, 1.165) is 126 Å². The SMILES string of the molecule is O=c1c2ccc(C#Cc3ccccn3)cc2nc2n1CN1CCCC1CC2.O=c1c2ccc(C#Cc3ccccn3)cc2nc2n1CN1CCCC1CC2.O=c1c2ccc(C#Cc3ccccn3)cc2nc2n1CN1CCCC1CC2. The second kappa shape index (κ2) is 23.1. The summed E-state index contributed by atoms with van der Waals surface area (Å²) >= 11 is 0. The van der Waals surface area contributed by atoms with Crippen LogP contribution in [0.25, 0.3) is 32.7 Å². The van der Waals surface area contributed by atoms with Crippen LogP contribution in [-0.4, -0.2) is 96.1 Å². The first-order valence-corrected chi connectivity index (χ1v) is 28.5. The molecule has 3 saturated heterocycles. The molecule has 0 aliphatic carbocycles. The van der Waals surface area contributed by atoms with E-state index in [1.54, 1.807) is 18.6 Å². The topological polar surface area (TPSA) is 153 Å². The molecule has 6 aliphatic rings. The molecule has 0 saturated carbocycles. The van der Waals surface area contributed by atoms with E-state index in [1.165, 1.54) is 38.5 Å². The molecule has 402 valence electrons. The Morgan fingerprint density at radius 1 is 0.370 bits per heavy atom. The summed E-state index contributed by atoms with van der Waals surface area (Å²) in [6.07, 6.45) is 18.4. The van der Waals surface area contributed by atoms with Gasteiger partial charge in [0.1, 0.15) is 34.6 Å². The van der Waals surface area contributed by atoms with Gasteiger partial charge in [-0.2, -0.15) is 0 Å². The second-order valence-corrected chi connectivity index (χ2v) is 21.7. The zero-order valence-electron chi connectivity index (χ0n) is 45.2. The average Bonchev–Trinajstić information content (AvgIpc) is 4.23. The fraction of sp³-hybridized carbons (Fsp3) is 0.318. The third-order valence-corrected chi connectivity index (χ3v) is 16.7. The van der Waals surface area contributed by atoms with Gasteiger partial charge in [0.05, 0.1) is 52.7 Å². The molecule has 0 amide bonds. The van der Waals surface area contributed by atoms with Crippen molar-refractivity contribution in [3.8, 4) is 35.5 Å². The monoisotopic (exact) mass is 1070 g/mol. The maximum absolute atomic E-state index is 13.1. The summed E-state index contributed by atoms with van der Waals surface area (Å²) in [5, 5.41) is 2.00. The first-order valence-electron chi connectivity index (χ1n) is 28.5. The van der Waals surface area contributed by atoms with Crippen LogP contribution in [0.2, 0.25) is 0 Å². The Kier molecular flexibility index (Phi) is 14.7. The van der Waals surface area contributed by atoms with E-state index >= 15 is 0 Å². The summed E-state index contributed by atoms with van der Waals surface area (Å²) < 4.78 is 5.60. The summed E-state index contributed by atoms with van der Waals surface area (Å²) in [6, 6.07) is 35.8. The van der Waals surface area contributed by atoms with Crippen molar-refractivity contribution in [2.75, 3.05) is 19.6 Å². The van der Waals surface area contributed by atoms with Gasteiger partial charge in [-0.3, -0.25) is 42.8 Å². The van der Waals surface area contributed by atoms with Crippen LogP contribution in [0.3, 0.4) is 0 Å². The number of rotatable bonds is 0. The Morgan fingerprint density at radius 3 is 0.988 bits per heavy atom. The summed E-state index contributed by atoms with van der Waals surface area (Å²) in [7, 11) is 0. The maximum Gasteiger partial charge on any atom is 0.262 e. The smallest absolute Gasteiger partial charge is 0.262 e. The number of nitrogens with zero attached hydrogens (tertiary/aromatic N) is 12. The molecule has 81 heavy (non-hydrogen) atoms. The molecule has 12 heterocycles. The van der Waals surface area contributed by atoms with Crippen molar-refractivity contribution in [1.82, 2.24) is 58.3 Å². The highest BCUT2D eigenvalue weighted by Crippen LogP contribution is 2.29. The Balaban J connectivity index is 0.000000114. The molecule has 15 nitrogen and oxygen atoms in total. The van der Waals surface area contributed by atoms with E-state index in [4.69, 9.17) is 15.0 Å². The van der Waals surface area contributed by atoms with E-state index in [9.17, 15) is 14.4 Å². The van der Waals surface area contributed by atoms with Crippen molar-refractivity contribution in [3.63, 3.8) is 0 Å². The number of aryl methyl sites for hydroxylation is 3. The lowest BCUT2D eigenvalue weighted by atomic mass is 10.1. The first kappa shape index (κ1) is 51.5. The van der Waals surface area contributed by atoms with Crippen LogP contribution in [0, 0.1) is 35.5 Å². The van der Waals surface area contributed by atoms with Crippen LogP contribution in [0.5, 0.6) is 0 Å². The fourth-order valence-electron chi connectivity index (χ4n) is 12.4. The zero-order chi connectivity index (χ0) is 54.7. The second-order valence-electron chi connectivity index (χ2n) is 21.7. The molecule has 3 unspecified atom stereocenters. The van der Waals surface area contributed by atoms with E-state index in [0.29, 0.717) is 54.3 Å². The fourth-order valence-corrected chi connectivity index (χ4v) is 12.4. The lowest BCUT2D eigenvalue weighted by molar-refractivity contribution is 0.203. The van der Waals surface area contributed by atoms with Crippen molar-refractivity contribution in [2.24, 2.45) is 0 Å². The number of fused-ring (bicyclic) bond motifs is 9. The third kappa shape index (κ3) is 11.2. The minimum absolute atomic E-state index is 0.0618. The van der Waals surface area contributed by atoms with Crippen LogP contribution in [0.4, 0.5) is 0 Å². The molecule has 9 aromatic rings. The molecule has 3 fully saturated rings. The van der Waals surface area contributed by atoms with Gasteiger partial charge in [-0.05, 0) is 167 Å². The maximum atomic E-state index is 13.1. The molecular formula is C66H60N12O3. The van der Waals surface area contributed by atoms with Gasteiger partial charge in [0.25, 0.3) is 16.7 Å². The van der Waals surface area contributed by atoms with Gasteiger partial charge in [0.2, 0.25) is 0 Å². The molecule has 0 radical (unpaired) electrons. The normalized spacial score (nSPS) is 19.0. The van der Waals surface area contributed by atoms with Crippen molar-refractivity contribution < 1.29 is 0 Å². The van der Waals surface area contributed by atoms with Gasteiger partial charge in [-0.25, -0.2) is 29.9 Å². The molecule has 6 aliphatic heterocycles. The van der Waals surface area contributed by atoms with Crippen molar-refractivity contribution in [2.45, 2.75) is 115 Å². The van der Waals surface area contributed by atoms with Gasteiger partial charge >= 0.3 is 0 Å². The molecule has 3 atom stereocenters. The number of aromatic nitrogens is 9. The van der Waals surface area contributed by atoms with Gasteiger partial charge in [0.15, 0.2) is 0 Å². The number of benzene rings is 3. The van der Waals surface area contributed by atoms with Crippen LogP contribution in [0.15, 0.2) is 142 Å². The summed E-state index contributed by atoms with van der Waals surface area (Å²) in [4.78, 5) is 73.6. The Morgan fingerprint density at radius 2 is 0.691 bits per heavy atom. The number of hydrogen-bond donors (Lipinski definition) is 0. The zero-order valence-corrected chi connectivity index (χ0v) is 45.2. The lowest BCUT2D eigenvalue weighted by Gasteiger charge is -2.21. The predicted molar refractivity (Wildman–Crippen MR) is 313 cm³/mol. The molecule has 0 bridgehead atoms. The number of hydrogen-bond acceptors (Lipinski definition) is 12. The van der Waals surface area contributed by atoms with Crippen molar-refractivity contribution in [1.29, 1.82) is 0 Å². The molecule has 0 N–H and O–H groups in total. The highest BCUT2D eigenvalue weighted by Gasteiger charge is 2.32. The molecule has 0 spiro atoms. The quantitative estimate of drug-likeness (QED) is 0.137. The summed E-state index contributed by atoms with van der Waals surface area (Å²) in [6.45, 7) is 5.25. The number of pyridine rings is 3. The standard InChI is InChI=1S/3C22H20N4O/c3*27-22-19-10-7-16(6-8-17-4-1-2-12-23-17)14-20(19)24-21-11-9-18-5-3-13-25(18)15-26(21)22/h3*1-2,4,7,10,12,14,18H,3,5,9,11,13,15H2. The minimum Gasteiger partial charge on any atom is -0.283 e. The minimum atomic E-state index is 0.0618. The largest absolute Gasteiger partial charge is 0.283 e. The highest BCUT2D eigenvalue weighted by molar-refractivity contribution is 5.81. The Hall–Kier alpha value is -8.91. The van der Waals surface area contributed by atoms with Gasteiger partial charge in [0, 0.05) is 92.3 Å². The van der Waals surface area contributed by atoms with E-state index in [2.05, 4.69) is 65.2 Å². The Labute approximate surface area is 469 Å². The van der Waals surface area contributed by atoms with Gasteiger partial charge < -0.3 is 0 Å². The van der Waals surface area contributed by atoms with Crippen LogP contribution in [-0.2, 0) is 39.3 Å². The molecule has 3 aromatic carbocycles.